The van der Waals surface area contributed by atoms with Crippen molar-refractivity contribution >= 4 is 47.5 Å². The minimum absolute atomic E-state index is 0.105. The predicted octanol–water partition coefficient (Wildman–Crippen LogP) is 11.6. The van der Waals surface area contributed by atoms with Crippen molar-refractivity contribution in [3.63, 3.8) is 0 Å². The third-order valence-corrected chi connectivity index (χ3v) is 25.5. The van der Waals surface area contributed by atoms with Gasteiger partial charge < -0.3 is 13.3 Å². The van der Waals surface area contributed by atoms with E-state index in [0.717, 1.165) is 13.0 Å². The van der Waals surface area contributed by atoms with Crippen LogP contribution in [0.2, 0.25) is 52.9 Å². The van der Waals surface area contributed by atoms with Crippen LogP contribution in [0.1, 0.15) is 103 Å². The predicted molar refractivity (Wildman–Crippen MR) is 187 cm³/mol. The van der Waals surface area contributed by atoms with Gasteiger partial charge in [0.1, 0.15) is 0 Å². The van der Waals surface area contributed by atoms with E-state index in [9.17, 15) is 0 Å². The van der Waals surface area contributed by atoms with E-state index < -0.39 is 25.0 Å². The van der Waals surface area contributed by atoms with Crippen LogP contribution in [0, 0.1) is 11.8 Å². The van der Waals surface area contributed by atoms with Crippen LogP contribution in [0.15, 0.2) is 10.2 Å². The molecular weight excluding hydrogens is 632 g/mol. The quantitative estimate of drug-likeness (QED) is 0.126. The topological polar surface area (TPSA) is 27.7 Å². The van der Waals surface area contributed by atoms with Gasteiger partial charge in [-0.1, -0.05) is 126 Å². The minimum atomic E-state index is -2.08. The molecule has 0 heterocycles. The number of hydrogen-bond donors (Lipinski definition) is 0. The lowest BCUT2D eigenvalue weighted by Gasteiger charge is -2.49. The molecular formula is C31H67IO3Si3. The number of hydrogen-bond acceptors (Lipinski definition) is 3. The second-order valence-corrected chi connectivity index (χ2v) is 31.4. The number of halogens is 1. The molecule has 0 bridgehead atoms. The SMILES string of the molecule is CC(/C=C\I)[C@@H](O[Si](C(C)C)(C(C)C)C(C)C)[C@@H](C)[C@H](CCO[Si](C)(C)C(C)(C)C)O[Si](C)(C)C(C)(C)C. The molecule has 0 aromatic rings. The summed E-state index contributed by atoms with van der Waals surface area (Å²) in [5.74, 6) is 0.578. The van der Waals surface area contributed by atoms with E-state index in [1.54, 1.807) is 0 Å². The highest BCUT2D eigenvalue weighted by atomic mass is 127. The first-order chi connectivity index (χ1) is 16.9. The van der Waals surface area contributed by atoms with Crippen molar-refractivity contribution in [3.05, 3.63) is 10.2 Å². The molecule has 0 saturated heterocycles. The van der Waals surface area contributed by atoms with Gasteiger partial charge in [0.25, 0.3) is 0 Å². The van der Waals surface area contributed by atoms with Gasteiger partial charge >= 0.3 is 0 Å². The third-order valence-electron chi connectivity index (χ3n) is 9.97. The maximum absolute atomic E-state index is 7.57. The van der Waals surface area contributed by atoms with Gasteiger partial charge in [0, 0.05) is 18.4 Å². The molecule has 0 N–H and O–H groups in total. The Balaban J connectivity index is 6.55. The molecule has 0 aliphatic carbocycles. The first-order valence-electron chi connectivity index (χ1n) is 15.2. The van der Waals surface area contributed by atoms with E-state index in [4.69, 9.17) is 13.3 Å². The van der Waals surface area contributed by atoms with E-state index in [0.29, 0.717) is 22.5 Å². The van der Waals surface area contributed by atoms with E-state index in [1.165, 1.54) is 0 Å². The Morgan fingerprint density at radius 1 is 0.684 bits per heavy atom. The molecule has 0 fully saturated rings. The highest BCUT2D eigenvalue weighted by Gasteiger charge is 2.49. The molecule has 0 spiro atoms. The summed E-state index contributed by atoms with van der Waals surface area (Å²) in [5, 5.41) is 0.359. The van der Waals surface area contributed by atoms with Gasteiger partial charge in [-0.25, -0.2) is 0 Å². The van der Waals surface area contributed by atoms with Crippen LogP contribution >= 0.6 is 22.6 Å². The summed E-state index contributed by atoms with van der Waals surface area (Å²) in [4.78, 5) is 0. The zero-order chi connectivity index (χ0) is 30.5. The highest BCUT2D eigenvalue weighted by Crippen LogP contribution is 2.46. The number of rotatable bonds is 15. The molecule has 0 saturated carbocycles. The van der Waals surface area contributed by atoms with E-state index >= 15 is 0 Å². The molecule has 0 aromatic heterocycles. The molecule has 0 amide bonds. The summed E-state index contributed by atoms with van der Waals surface area (Å²) < 4.78 is 23.7. The molecule has 0 aromatic carbocycles. The van der Waals surface area contributed by atoms with Gasteiger partial charge in [-0.2, -0.15) is 0 Å². The Morgan fingerprint density at radius 3 is 1.45 bits per heavy atom. The molecule has 0 rings (SSSR count). The van der Waals surface area contributed by atoms with Crippen LogP contribution in [0.5, 0.6) is 0 Å². The fourth-order valence-corrected chi connectivity index (χ4v) is 14.3. The summed E-state index contributed by atoms with van der Waals surface area (Å²) in [6.45, 7) is 43.3. The second-order valence-electron chi connectivity index (χ2n) is 15.8. The fraction of sp³-hybridized carbons (Fsp3) is 0.935. The molecule has 0 aliphatic heterocycles. The molecule has 0 radical (unpaired) electrons. The lowest BCUT2D eigenvalue weighted by molar-refractivity contribution is 0.00549. The van der Waals surface area contributed by atoms with Crippen LogP contribution in [0.3, 0.4) is 0 Å². The molecule has 38 heavy (non-hydrogen) atoms. The standard InChI is InChI=1S/C31H67IO3Si3/c1-23(2)38(24(3)4,25(5)6)35-29(26(7)19-21-32)27(8)28(34-37(17,18)31(12,13)14)20-22-33-36(15,16)30(9,10)11/h19,21,23-29H,20,22H2,1-18H3/b21-19-/t26?,27-,28-,29+/m0/s1. The fourth-order valence-electron chi connectivity index (χ4n) is 5.40. The van der Waals surface area contributed by atoms with Crippen LogP contribution < -0.4 is 0 Å². The zero-order valence-corrected chi connectivity index (χ0v) is 33.9. The maximum atomic E-state index is 7.57. The molecule has 0 aliphatic rings. The van der Waals surface area contributed by atoms with Crippen molar-refractivity contribution in [2.24, 2.45) is 11.8 Å². The van der Waals surface area contributed by atoms with Gasteiger partial charge in [-0.05, 0) is 63.4 Å². The largest absolute Gasteiger partial charge is 0.417 e. The lowest BCUT2D eigenvalue weighted by Crippen LogP contribution is -2.55. The average molecular weight is 699 g/mol. The average Bonchev–Trinajstić information content (AvgIpc) is 2.70. The first-order valence-corrected chi connectivity index (χ1v) is 24.4. The molecule has 1 unspecified atom stereocenters. The van der Waals surface area contributed by atoms with Crippen molar-refractivity contribution in [3.8, 4) is 0 Å². The monoisotopic (exact) mass is 698 g/mol. The lowest BCUT2D eigenvalue weighted by atomic mass is 9.88. The van der Waals surface area contributed by atoms with Crippen molar-refractivity contribution in [2.45, 2.75) is 168 Å². The second kappa shape index (κ2) is 14.9. The van der Waals surface area contributed by atoms with Crippen LogP contribution in [0.25, 0.3) is 0 Å². The molecule has 3 nitrogen and oxygen atoms in total. The Labute approximate surface area is 256 Å². The van der Waals surface area contributed by atoms with E-state index in [1.807, 2.05) is 0 Å². The maximum Gasteiger partial charge on any atom is 0.200 e. The minimum Gasteiger partial charge on any atom is -0.417 e. The summed E-state index contributed by atoms with van der Waals surface area (Å²) in [7, 11) is -5.90. The highest BCUT2D eigenvalue weighted by molar-refractivity contribution is 14.1. The van der Waals surface area contributed by atoms with Gasteiger partial charge in [-0.15, -0.1) is 0 Å². The van der Waals surface area contributed by atoms with Gasteiger partial charge in [0.2, 0.25) is 8.32 Å². The van der Waals surface area contributed by atoms with Crippen molar-refractivity contribution in [1.29, 1.82) is 0 Å². The Morgan fingerprint density at radius 2 is 1.11 bits per heavy atom. The molecule has 4 atom stereocenters. The summed E-state index contributed by atoms with van der Waals surface area (Å²) in [6.07, 6.45) is 3.47. The summed E-state index contributed by atoms with van der Waals surface area (Å²) in [5.41, 5.74) is 1.65. The molecule has 7 heteroatoms. The first kappa shape index (κ1) is 39.0. The van der Waals surface area contributed by atoms with Crippen molar-refractivity contribution < 1.29 is 13.3 Å². The Bertz CT molecular complexity index is 699. The summed E-state index contributed by atoms with van der Waals surface area (Å²) in [6, 6.07) is 0. The van der Waals surface area contributed by atoms with Crippen LogP contribution in [0.4, 0.5) is 0 Å². The van der Waals surface area contributed by atoms with Gasteiger partial charge in [0.15, 0.2) is 16.6 Å². The van der Waals surface area contributed by atoms with Gasteiger partial charge in [-0.3, -0.25) is 0 Å². The van der Waals surface area contributed by atoms with Crippen LogP contribution in [-0.4, -0.2) is 43.8 Å². The zero-order valence-electron chi connectivity index (χ0n) is 28.7. The van der Waals surface area contributed by atoms with Crippen molar-refractivity contribution in [2.75, 3.05) is 6.61 Å². The van der Waals surface area contributed by atoms with Gasteiger partial charge in [0.05, 0.1) is 12.2 Å². The van der Waals surface area contributed by atoms with E-state index in [-0.39, 0.29) is 28.2 Å². The normalized spacial score (nSPS) is 18.1. The molecule has 228 valence electrons. The Kier molecular flexibility index (Phi) is 15.3. The smallest absolute Gasteiger partial charge is 0.200 e. The van der Waals surface area contributed by atoms with Crippen molar-refractivity contribution in [1.82, 2.24) is 0 Å². The Hall–Kier alpha value is 1.00. The van der Waals surface area contributed by atoms with Crippen LogP contribution in [-0.2, 0) is 13.3 Å². The third kappa shape index (κ3) is 10.1. The van der Waals surface area contributed by atoms with E-state index in [2.05, 4.69) is 156 Å². The summed E-state index contributed by atoms with van der Waals surface area (Å²) >= 11 is 2.36.